The number of aromatic nitrogens is 1. The van der Waals surface area contributed by atoms with Crippen molar-refractivity contribution >= 4 is 29.2 Å². The van der Waals surface area contributed by atoms with Crippen LogP contribution in [0.4, 0.5) is 11.5 Å². The van der Waals surface area contributed by atoms with Crippen LogP contribution >= 0.6 is 11.8 Å². The number of rotatable bonds is 4. The Kier molecular flexibility index (Phi) is 4.71. The van der Waals surface area contributed by atoms with E-state index in [1.165, 1.54) is 0 Å². The van der Waals surface area contributed by atoms with Gasteiger partial charge in [-0.25, -0.2) is 4.98 Å². The van der Waals surface area contributed by atoms with Crippen molar-refractivity contribution in [2.75, 3.05) is 30.1 Å². The summed E-state index contributed by atoms with van der Waals surface area (Å²) in [4.78, 5) is 19.1. The molecule has 0 saturated carbocycles. The first-order valence-electron chi connectivity index (χ1n) is 7.43. The van der Waals surface area contributed by atoms with Gasteiger partial charge in [-0.1, -0.05) is 12.1 Å². The Morgan fingerprint density at radius 3 is 2.87 bits per heavy atom. The molecule has 0 fully saturated rings. The molecule has 0 saturated heterocycles. The molecule has 1 N–H and O–H groups in total. The van der Waals surface area contributed by atoms with Crippen molar-refractivity contribution in [2.45, 2.75) is 17.9 Å². The van der Waals surface area contributed by atoms with Crippen molar-refractivity contribution in [2.24, 2.45) is 0 Å². The Morgan fingerprint density at radius 2 is 2.13 bits per heavy atom. The Bertz CT molecular complexity index is 703. The molecule has 2 aromatic rings. The third-order valence-electron chi connectivity index (χ3n) is 3.79. The number of methoxy groups -OCH3 is 1. The van der Waals surface area contributed by atoms with Crippen LogP contribution in [-0.2, 0) is 11.3 Å². The molecule has 6 heteroatoms. The van der Waals surface area contributed by atoms with Crippen LogP contribution in [0.5, 0.6) is 5.75 Å². The van der Waals surface area contributed by atoms with E-state index in [4.69, 9.17) is 4.74 Å². The number of carbonyl (C=O) groups is 1. The van der Waals surface area contributed by atoms with Crippen LogP contribution in [0.15, 0.2) is 41.4 Å². The van der Waals surface area contributed by atoms with Gasteiger partial charge >= 0.3 is 0 Å². The summed E-state index contributed by atoms with van der Waals surface area (Å²) in [5.41, 5.74) is 2.04. The van der Waals surface area contributed by atoms with Gasteiger partial charge in [-0.3, -0.25) is 4.79 Å². The molecule has 5 nitrogen and oxygen atoms in total. The highest BCUT2D eigenvalue weighted by molar-refractivity contribution is 7.99. The second-order valence-electron chi connectivity index (χ2n) is 5.29. The normalized spacial score (nSPS) is 14.2. The van der Waals surface area contributed by atoms with Gasteiger partial charge in [-0.05, 0) is 23.8 Å². The Hall–Kier alpha value is -2.21. The molecule has 0 spiro atoms. The zero-order valence-corrected chi connectivity index (χ0v) is 14.0. The number of nitrogens with one attached hydrogen (secondary N) is 1. The van der Waals surface area contributed by atoms with Crippen LogP contribution in [0.3, 0.4) is 0 Å². The molecule has 0 atom stereocenters. The third kappa shape index (κ3) is 3.59. The molecule has 0 radical (unpaired) electrons. The number of fused-ring (bicyclic) bond motifs is 1. The van der Waals surface area contributed by atoms with Gasteiger partial charge in [0.2, 0.25) is 5.91 Å². The van der Waals surface area contributed by atoms with Crippen molar-refractivity contribution in [3.8, 4) is 5.75 Å². The van der Waals surface area contributed by atoms with Gasteiger partial charge in [0.1, 0.15) is 11.6 Å². The maximum atomic E-state index is 11.9. The second kappa shape index (κ2) is 6.91. The van der Waals surface area contributed by atoms with Gasteiger partial charge < -0.3 is 15.0 Å². The van der Waals surface area contributed by atoms with Gasteiger partial charge in [-0.2, -0.15) is 0 Å². The molecule has 1 aromatic heterocycles. The maximum absolute atomic E-state index is 11.9. The highest BCUT2D eigenvalue weighted by Crippen LogP contribution is 2.34. The van der Waals surface area contributed by atoms with E-state index in [0.717, 1.165) is 33.5 Å². The number of anilines is 2. The summed E-state index contributed by atoms with van der Waals surface area (Å²) in [5, 5.41) is 3.33. The van der Waals surface area contributed by atoms with E-state index < -0.39 is 0 Å². The largest absolute Gasteiger partial charge is 0.497 e. The predicted octanol–water partition coefficient (Wildman–Crippen LogP) is 3.16. The lowest BCUT2D eigenvalue weighted by molar-refractivity contribution is -0.117. The van der Waals surface area contributed by atoms with Crippen LogP contribution in [0.2, 0.25) is 0 Å². The van der Waals surface area contributed by atoms with Crippen LogP contribution < -0.4 is 15.0 Å². The van der Waals surface area contributed by atoms with Crippen molar-refractivity contribution in [3.05, 3.63) is 42.1 Å². The highest BCUT2D eigenvalue weighted by atomic mass is 32.2. The van der Waals surface area contributed by atoms with E-state index in [1.54, 1.807) is 37.0 Å². The fourth-order valence-electron chi connectivity index (χ4n) is 2.38. The standard InChI is InChI=1S/C17H19N3O2S/c1-20-14-11-19-16(9-15(14)23-8-7-17(20)21)18-10-12-3-5-13(22-2)6-4-12/h3-6,9,11H,7-8,10H2,1-2H3,(H,18,19). The second-order valence-corrected chi connectivity index (χ2v) is 6.43. The molecule has 1 aliphatic heterocycles. The number of ether oxygens (including phenoxy) is 1. The number of nitrogens with zero attached hydrogens (tertiary/aromatic N) is 2. The number of amides is 1. The van der Waals surface area contributed by atoms with Gasteiger partial charge in [0.15, 0.2) is 0 Å². The lowest BCUT2D eigenvalue weighted by Crippen LogP contribution is -2.25. The maximum Gasteiger partial charge on any atom is 0.227 e. The summed E-state index contributed by atoms with van der Waals surface area (Å²) in [5.74, 6) is 2.60. The topological polar surface area (TPSA) is 54.5 Å². The zero-order chi connectivity index (χ0) is 16.2. The van der Waals surface area contributed by atoms with E-state index >= 15 is 0 Å². The predicted molar refractivity (Wildman–Crippen MR) is 93.3 cm³/mol. The van der Waals surface area contributed by atoms with E-state index in [0.29, 0.717) is 13.0 Å². The molecule has 0 bridgehead atoms. The monoisotopic (exact) mass is 329 g/mol. The average molecular weight is 329 g/mol. The molecule has 120 valence electrons. The molecule has 0 aliphatic carbocycles. The Balaban J connectivity index is 1.71. The fraction of sp³-hybridized carbons (Fsp3) is 0.294. The highest BCUT2D eigenvalue weighted by Gasteiger charge is 2.19. The number of carbonyl (C=O) groups excluding carboxylic acids is 1. The summed E-state index contributed by atoms with van der Waals surface area (Å²) < 4.78 is 5.16. The van der Waals surface area contributed by atoms with E-state index in [2.05, 4.69) is 10.3 Å². The number of pyridine rings is 1. The van der Waals surface area contributed by atoms with Crippen LogP contribution in [0.1, 0.15) is 12.0 Å². The molecular weight excluding hydrogens is 310 g/mol. The smallest absolute Gasteiger partial charge is 0.227 e. The Morgan fingerprint density at radius 1 is 1.35 bits per heavy atom. The van der Waals surface area contributed by atoms with Crippen LogP contribution in [0, 0.1) is 0 Å². The van der Waals surface area contributed by atoms with Gasteiger partial charge in [0, 0.05) is 30.7 Å². The molecule has 1 aliphatic rings. The van der Waals surface area contributed by atoms with Gasteiger partial charge in [0.05, 0.1) is 19.0 Å². The first kappa shape index (κ1) is 15.7. The van der Waals surface area contributed by atoms with Crippen molar-refractivity contribution in [1.82, 2.24) is 4.98 Å². The van der Waals surface area contributed by atoms with E-state index in [9.17, 15) is 4.79 Å². The zero-order valence-electron chi connectivity index (χ0n) is 13.2. The number of hydrogen-bond donors (Lipinski definition) is 1. The molecular formula is C17H19N3O2S. The molecule has 23 heavy (non-hydrogen) atoms. The van der Waals surface area contributed by atoms with E-state index in [1.807, 2.05) is 30.3 Å². The lowest BCUT2D eigenvalue weighted by atomic mass is 10.2. The number of hydrogen-bond acceptors (Lipinski definition) is 5. The summed E-state index contributed by atoms with van der Waals surface area (Å²) >= 11 is 1.70. The molecule has 1 aromatic carbocycles. The van der Waals surface area contributed by atoms with Gasteiger partial charge in [-0.15, -0.1) is 11.8 Å². The molecule has 1 amide bonds. The minimum absolute atomic E-state index is 0.136. The summed E-state index contributed by atoms with van der Waals surface area (Å²) in [6, 6.07) is 9.95. The summed E-state index contributed by atoms with van der Waals surface area (Å²) in [7, 11) is 3.46. The Labute approximate surface area is 140 Å². The first-order chi connectivity index (χ1) is 11.2. The lowest BCUT2D eigenvalue weighted by Gasteiger charge is -2.17. The van der Waals surface area contributed by atoms with Crippen LogP contribution in [-0.4, -0.2) is 30.8 Å². The number of thioether (sulfide) groups is 1. The minimum Gasteiger partial charge on any atom is -0.497 e. The average Bonchev–Trinajstić information content (AvgIpc) is 2.72. The molecule has 0 unspecified atom stereocenters. The van der Waals surface area contributed by atoms with Crippen molar-refractivity contribution < 1.29 is 9.53 Å². The molecule has 3 rings (SSSR count). The summed E-state index contributed by atoms with van der Waals surface area (Å²) in [6.45, 7) is 0.690. The van der Waals surface area contributed by atoms with Crippen molar-refractivity contribution in [3.63, 3.8) is 0 Å². The minimum atomic E-state index is 0.136. The summed E-state index contributed by atoms with van der Waals surface area (Å²) in [6.07, 6.45) is 2.33. The number of benzene rings is 1. The molecule has 2 heterocycles. The van der Waals surface area contributed by atoms with Gasteiger partial charge in [0.25, 0.3) is 0 Å². The van der Waals surface area contributed by atoms with E-state index in [-0.39, 0.29) is 5.91 Å². The van der Waals surface area contributed by atoms with Crippen molar-refractivity contribution in [1.29, 1.82) is 0 Å². The van der Waals surface area contributed by atoms with Crippen LogP contribution in [0.25, 0.3) is 0 Å². The third-order valence-corrected chi connectivity index (χ3v) is 4.83. The quantitative estimate of drug-likeness (QED) is 0.934. The fourth-order valence-corrected chi connectivity index (χ4v) is 3.41. The SMILES string of the molecule is COc1ccc(CNc2cc3c(cn2)N(C)C(=O)CCS3)cc1. The first-order valence-corrected chi connectivity index (χ1v) is 8.42.